The van der Waals surface area contributed by atoms with Crippen molar-refractivity contribution in [3.05, 3.63) is 34.3 Å². The summed E-state index contributed by atoms with van der Waals surface area (Å²) in [6.45, 7) is 10.2. The molecule has 0 bridgehead atoms. The Bertz CT molecular complexity index is 532. The quantitative estimate of drug-likeness (QED) is 0.786. The van der Waals surface area contributed by atoms with Gasteiger partial charge in [0.2, 0.25) is 5.91 Å². The molecular formula is C19H28BrN3O. The van der Waals surface area contributed by atoms with E-state index in [0.717, 1.165) is 69.7 Å². The first kappa shape index (κ1) is 17.9. The van der Waals surface area contributed by atoms with E-state index >= 15 is 0 Å². The SMILES string of the molecule is CCN1CCN(C(=O)C2CCN(Cc3ccc(Br)cc3)CC2)CC1. The lowest BCUT2D eigenvalue weighted by Gasteiger charge is -2.38. The van der Waals surface area contributed by atoms with E-state index in [1.807, 2.05) is 0 Å². The molecular weight excluding hydrogens is 366 g/mol. The molecule has 3 rings (SSSR count). The maximum atomic E-state index is 12.7. The Kier molecular flexibility index (Phi) is 6.31. The molecule has 0 aromatic heterocycles. The smallest absolute Gasteiger partial charge is 0.225 e. The van der Waals surface area contributed by atoms with Crippen LogP contribution in [0.5, 0.6) is 0 Å². The maximum absolute atomic E-state index is 12.7. The van der Waals surface area contributed by atoms with Crippen molar-refractivity contribution in [1.82, 2.24) is 14.7 Å². The Hall–Kier alpha value is -0.910. The first-order valence-corrected chi connectivity index (χ1v) is 9.93. The van der Waals surface area contributed by atoms with E-state index in [0.29, 0.717) is 5.91 Å². The molecule has 0 saturated carbocycles. The first-order valence-electron chi connectivity index (χ1n) is 9.13. The number of hydrogen-bond donors (Lipinski definition) is 0. The van der Waals surface area contributed by atoms with Crippen LogP contribution >= 0.6 is 15.9 Å². The summed E-state index contributed by atoms with van der Waals surface area (Å²) in [4.78, 5) is 19.7. The fourth-order valence-electron chi connectivity index (χ4n) is 3.73. The topological polar surface area (TPSA) is 26.8 Å². The molecule has 0 spiro atoms. The van der Waals surface area contributed by atoms with Crippen molar-refractivity contribution in [3.63, 3.8) is 0 Å². The second kappa shape index (κ2) is 8.45. The van der Waals surface area contributed by atoms with Crippen LogP contribution in [0.25, 0.3) is 0 Å². The summed E-state index contributed by atoms with van der Waals surface area (Å²) in [5.41, 5.74) is 1.35. The molecule has 132 valence electrons. The van der Waals surface area contributed by atoms with Gasteiger partial charge in [-0.25, -0.2) is 0 Å². The minimum Gasteiger partial charge on any atom is -0.340 e. The standard InChI is InChI=1S/C19H28BrN3O/c1-2-21-11-13-23(14-12-21)19(24)17-7-9-22(10-8-17)15-16-3-5-18(20)6-4-16/h3-6,17H,2,7-15H2,1H3. The normalized spacial score (nSPS) is 21.2. The van der Waals surface area contributed by atoms with Crippen LogP contribution in [0.4, 0.5) is 0 Å². The Labute approximate surface area is 153 Å². The molecule has 0 radical (unpaired) electrons. The molecule has 5 heteroatoms. The predicted octanol–water partition coefficient (Wildman–Crippen LogP) is 2.83. The number of hydrogen-bond acceptors (Lipinski definition) is 3. The number of carbonyl (C=O) groups is 1. The molecule has 0 atom stereocenters. The van der Waals surface area contributed by atoms with Crippen molar-refractivity contribution in [1.29, 1.82) is 0 Å². The molecule has 2 aliphatic rings. The number of likely N-dealkylation sites (N-methyl/N-ethyl adjacent to an activating group) is 1. The van der Waals surface area contributed by atoms with Crippen LogP contribution in [0.2, 0.25) is 0 Å². The number of rotatable bonds is 4. The molecule has 2 fully saturated rings. The molecule has 4 nitrogen and oxygen atoms in total. The van der Waals surface area contributed by atoms with Crippen LogP contribution in [-0.2, 0) is 11.3 Å². The van der Waals surface area contributed by atoms with Gasteiger partial charge in [-0.3, -0.25) is 9.69 Å². The number of carbonyl (C=O) groups excluding carboxylic acids is 1. The number of likely N-dealkylation sites (tertiary alicyclic amines) is 1. The van der Waals surface area contributed by atoms with Gasteiger partial charge >= 0.3 is 0 Å². The zero-order chi connectivity index (χ0) is 16.9. The number of amides is 1. The van der Waals surface area contributed by atoms with E-state index in [1.54, 1.807) is 0 Å². The highest BCUT2D eigenvalue weighted by Crippen LogP contribution is 2.22. The molecule has 2 aliphatic heterocycles. The Morgan fingerprint density at radius 1 is 1.00 bits per heavy atom. The molecule has 24 heavy (non-hydrogen) atoms. The number of benzene rings is 1. The fourth-order valence-corrected chi connectivity index (χ4v) is 3.99. The fraction of sp³-hybridized carbons (Fsp3) is 0.632. The van der Waals surface area contributed by atoms with E-state index in [1.165, 1.54) is 5.56 Å². The van der Waals surface area contributed by atoms with Crippen molar-refractivity contribution < 1.29 is 4.79 Å². The van der Waals surface area contributed by atoms with Crippen LogP contribution in [0.1, 0.15) is 25.3 Å². The van der Waals surface area contributed by atoms with Gasteiger partial charge in [0.25, 0.3) is 0 Å². The van der Waals surface area contributed by atoms with Gasteiger partial charge in [0.1, 0.15) is 0 Å². The van der Waals surface area contributed by atoms with Gasteiger partial charge in [0.15, 0.2) is 0 Å². The number of piperidine rings is 1. The largest absolute Gasteiger partial charge is 0.340 e. The summed E-state index contributed by atoms with van der Waals surface area (Å²) in [5, 5.41) is 0. The third kappa shape index (κ3) is 4.58. The zero-order valence-electron chi connectivity index (χ0n) is 14.6. The van der Waals surface area contributed by atoms with Gasteiger partial charge in [-0.05, 0) is 50.2 Å². The van der Waals surface area contributed by atoms with Gasteiger partial charge in [-0.2, -0.15) is 0 Å². The van der Waals surface area contributed by atoms with Gasteiger partial charge < -0.3 is 9.80 Å². The van der Waals surface area contributed by atoms with Crippen LogP contribution in [0, 0.1) is 5.92 Å². The molecule has 0 aliphatic carbocycles. The van der Waals surface area contributed by atoms with Gasteiger partial charge in [0.05, 0.1) is 0 Å². The second-order valence-electron chi connectivity index (χ2n) is 6.94. The first-order chi connectivity index (χ1) is 11.7. The van der Waals surface area contributed by atoms with E-state index in [-0.39, 0.29) is 5.92 Å². The Morgan fingerprint density at radius 2 is 1.62 bits per heavy atom. The summed E-state index contributed by atoms with van der Waals surface area (Å²) in [7, 11) is 0. The minimum atomic E-state index is 0.236. The van der Waals surface area contributed by atoms with Gasteiger partial charge in [-0.1, -0.05) is 35.0 Å². The van der Waals surface area contributed by atoms with Crippen LogP contribution in [-0.4, -0.2) is 66.4 Å². The van der Waals surface area contributed by atoms with Gasteiger partial charge in [0, 0.05) is 43.1 Å². The molecule has 1 amide bonds. The Morgan fingerprint density at radius 3 is 2.21 bits per heavy atom. The molecule has 1 aromatic carbocycles. The maximum Gasteiger partial charge on any atom is 0.225 e. The molecule has 0 unspecified atom stereocenters. The molecule has 2 heterocycles. The molecule has 0 N–H and O–H groups in total. The zero-order valence-corrected chi connectivity index (χ0v) is 16.2. The van der Waals surface area contributed by atoms with Crippen LogP contribution in [0.3, 0.4) is 0 Å². The van der Waals surface area contributed by atoms with Crippen molar-refractivity contribution >= 4 is 21.8 Å². The van der Waals surface area contributed by atoms with E-state index in [2.05, 4.69) is 61.8 Å². The van der Waals surface area contributed by atoms with Gasteiger partial charge in [-0.15, -0.1) is 0 Å². The summed E-state index contributed by atoms with van der Waals surface area (Å²) >= 11 is 3.48. The molecule has 2 saturated heterocycles. The number of nitrogens with zero attached hydrogens (tertiary/aromatic N) is 3. The lowest BCUT2D eigenvalue weighted by molar-refractivity contribution is -0.138. The number of halogens is 1. The second-order valence-corrected chi connectivity index (χ2v) is 7.85. The summed E-state index contributed by atoms with van der Waals surface area (Å²) in [5.74, 6) is 0.633. The summed E-state index contributed by atoms with van der Waals surface area (Å²) in [6.07, 6.45) is 2.01. The van der Waals surface area contributed by atoms with E-state index < -0.39 is 0 Å². The average molecular weight is 394 g/mol. The highest BCUT2D eigenvalue weighted by atomic mass is 79.9. The van der Waals surface area contributed by atoms with Crippen molar-refractivity contribution in [3.8, 4) is 0 Å². The van der Waals surface area contributed by atoms with E-state index in [9.17, 15) is 4.79 Å². The third-order valence-electron chi connectivity index (χ3n) is 5.39. The van der Waals surface area contributed by atoms with Crippen LogP contribution in [0.15, 0.2) is 28.7 Å². The predicted molar refractivity (Wildman–Crippen MR) is 101 cm³/mol. The van der Waals surface area contributed by atoms with Crippen molar-refractivity contribution in [2.75, 3.05) is 45.8 Å². The summed E-state index contributed by atoms with van der Waals surface area (Å²) < 4.78 is 1.12. The lowest BCUT2D eigenvalue weighted by atomic mass is 9.94. The number of piperazine rings is 1. The minimum absolute atomic E-state index is 0.236. The monoisotopic (exact) mass is 393 g/mol. The average Bonchev–Trinajstić information content (AvgIpc) is 2.64. The summed E-state index contributed by atoms with van der Waals surface area (Å²) in [6, 6.07) is 8.55. The highest BCUT2D eigenvalue weighted by Gasteiger charge is 2.30. The third-order valence-corrected chi connectivity index (χ3v) is 5.92. The van der Waals surface area contributed by atoms with Crippen molar-refractivity contribution in [2.24, 2.45) is 5.92 Å². The van der Waals surface area contributed by atoms with E-state index in [4.69, 9.17) is 0 Å². The molecule has 1 aromatic rings. The highest BCUT2D eigenvalue weighted by molar-refractivity contribution is 9.10. The van der Waals surface area contributed by atoms with Crippen LogP contribution < -0.4 is 0 Å². The lowest BCUT2D eigenvalue weighted by Crippen LogP contribution is -2.51. The van der Waals surface area contributed by atoms with Crippen molar-refractivity contribution in [2.45, 2.75) is 26.3 Å². The Balaban J connectivity index is 1.44.